The fourth-order valence-electron chi connectivity index (χ4n) is 3.06. The van der Waals surface area contributed by atoms with E-state index in [1.165, 1.54) is 7.11 Å². The second-order valence-electron chi connectivity index (χ2n) is 5.89. The number of carbonyl (C=O) groups is 1. The van der Waals surface area contributed by atoms with Crippen molar-refractivity contribution in [1.82, 2.24) is 9.97 Å². The Kier molecular flexibility index (Phi) is 3.27. The topological polar surface area (TPSA) is 55.3 Å². The minimum atomic E-state index is -0.464. The molecule has 2 aromatic rings. The predicted molar refractivity (Wildman–Crippen MR) is 81.2 cm³/mol. The maximum Gasteiger partial charge on any atom is 0.313 e. The van der Waals surface area contributed by atoms with E-state index in [2.05, 4.69) is 27.9 Å². The van der Waals surface area contributed by atoms with E-state index in [4.69, 9.17) is 4.74 Å². The minimum Gasteiger partial charge on any atom is -0.469 e. The summed E-state index contributed by atoms with van der Waals surface area (Å²) in [5, 5.41) is 1.06. The summed E-state index contributed by atoms with van der Waals surface area (Å²) < 4.78 is 4.93. The first-order chi connectivity index (χ1) is 10.0. The van der Waals surface area contributed by atoms with E-state index in [9.17, 15) is 4.79 Å². The lowest BCUT2D eigenvalue weighted by Crippen LogP contribution is -2.33. The van der Waals surface area contributed by atoms with Crippen molar-refractivity contribution in [3.05, 3.63) is 30.1 Å². The van der Waals surface area contributed by atoms with Crippen molar-refractivity contribution in [1.29, 1.82) is 0 Å². The van der Waals surface area contributed by atoms with Crippen LogP contribution in [0.15, 0.2) is 24.5 Å². The number of rotatable bonds is 2. The number of benzene rings is 1. The Balaban J connectivity index is 2.01. The average Bonchev–Trinajstić information content (AvgIpc) is 2.90. The van der Waals surface area contributed by atoms with Crippen LogP contribution in [0.3, 0.4) is 0 Å². The Morgan fingerprint density at radius 3 is 2.95 bits per heavy atom. The number of hydrogen-bond acceptors (Lipinski definition) is 5. The summed E-state index contributed by atoms with van der Waals surface area (Å²) in [6.45, 7) is 5.44. The lowest BCUT2D eigenvalue weighted by atomic mass is 9.90. The second kappa shape index (κ2) is 4.98. The van der Waals surface area contributed by atoms with Crippen molar-refractivity contribution in [3.8, 4) is 0 Å². The molecular weight excluding hydrogens is 266 g/mol. The van der Waals surface area contributed by atoms with Gasteiger partial charge in [0, 0.05) is 18.5 Å². The highest BCUT2D eigenvalue weighted by Crippen LogP contribution is 2.36. The van der Waals surface area contributed by atoms with Crippen LogP contribution in [-0.4, -0.2) is 36.1 Å². The van der Waals surface area contributed by atoms with Gasteiger partial charge in [0.15, 0.2) is 0 Å². The van der Waals surface area contributed by atoms with E-state index < -0.39 is 5.41 Å². The van der Waals surface area contributed by atoms with Crippen LogP contribution in [0.2, 0.25) is 0 Å². The number of anilines is 1. The van der Waals surface area contributed by atoms with E-state index in [1.807, 2.05) is 19.1 Å². The van der Waals surface area contributed by atoms with E-state index in [-0.39, 0.29) is 5.97 Å². The molecule has 0 radical (unpaired) electrons. The number of methoxy groups -OCH3 is 1. The highest BCUT2D eigenvalue weighted by Gasteiger charge is 2.42. The van der Waals surface area contributed by atoms with Crippen molar-refractivity contribution in [3.63, 3.8) is 0 Å². The van der Waals surface area contributed by atoms with Crippen molar-refractivity contribution >= 4 is 22.7 Å². The monoisotopic (exact) mass is 285 g/mol. The fraction of sp³-hybridized carbons (Fsp3) is 0.438. The van der Waals surface area contributed by atoms with Crippen LogP contribution in [0.1, 0.15) is 18.9 Å². The molecule has 1 saturated heterocycles. The molecule has 1 aliphatic rings. The van der Waals surface area contributed by atoms with Gasteiger partial charge in [0.1, 0.15) is 12.1 Å². The summed E-state index contributed by atoms with van der Waals surface area (Å²) in [5.74, 6) is 0.755. The molecule has 110 valence electrons. The summed E-state index contributed by atoms with van der Waals surface area (Å²) in [7, 11) is 1.44. The van der Waals surface area contributed by atoms with Gasteiger partial charge in [-0.2, -0.15) is 0 Å². The van der Waals surface area contributed by atoms with Crippen LogP contribution in [0.5, 0.6) is 0 Å². The zero-order valence-electron chi connectivity index (χ0n) is 12.6. The molecule has 0 spiro atoms. The van der Waals surface area contributed by atoms with E-state index in [1.54, 1.807) is 6.33 Å². The Labute approximate surface area is 124 Å². The molecule has 1 aliphatic heterocycles. The molecule has 5 nitrogen and oxygen atoms in total. The van der Waals surface area contributed by atoms with Crippen LogP contribution < -0.4 is 4.90 Å². The predicted octanol–water partition coefficient (Wildman–Crippen LogP) is 2.33. The second-order valence-corrected chi connectivity index (χ2v) is 5.89. The maximum absolute atomic E-state index is 12.0. The third kappa shape index (κ3) is 2.22. The molecule has 2 heterocycles. The third-order valence-corrected chi connectivity index (χ3v) is 4.30. The van der Waals surface area contributed by atoms with Gasteiger partial charge in [-0.25, -0.2) is 9.97 Å². The summed E-state index contributed by atoms with van der Waals surface area (Å²) in [5.41, 5.74) is 1.62. The first-order valence-corrected chi connectivity index (χ1v) is 7.09. The largest absolute Gasteiger partial charge is 0.469 e. The van der Waals surface area contributed by atoms with Crippen LogP contribution >= 0.6 is 0 Å². The molecule has 0 N–H and O–H groups in total. The number of aromatic nitrogens is 2. The first kappa shape index (κ1) is 13.8. The van der Waals surface area contributed by atoms with Crippen LogP contribution in [0, 0.1) is 12.3 Å². The normalized spacial score (nSPS) is 21.8. The van der Waals surface area contributed by atoms with E-state index in [0.717, 1.165) is 35.2 Å². The smallest absolute Gasteiger partial charge is 0.313 e. The summed E-state index contributed by atoms with van der Waals surface area (Å²) in [4.78, 5) is 22.9. The molecule has 0 amide bonds. The van der Waals surface area contributed by atoms with Crippen LogP contribution in [-0.2, 0) is 9.53 Å². The Morgan fingerprint density at radius 1 is 1.38 bits per heavy atom. The molecule has 0 aliphatic carbocycles. The zero-order valence-corrected chi connectivity index (χ0v) is 12.6. The van der Waals surface area contributed by atoms with Gasteiger partial charge in [0.25, 0.3) is 0 Å². The fourth-order valence-corrected chi connectivity index (χ4v) is 3.06. The Bertz CT molecular complexity index is 696. The SMILES string of the molecule is COC(=O)C1(C)CCN(c2ncnc3cccc(C)c23)C1. The number of ether oxygens (including phenoxy) is 1. The van der Waals surface area contributed by atoms with Gasteiger partial charge in [-0.15, -0.1) is 0 Å². The quantitative estimate of drug-likeness (QED) is 0.793. The van der Waals surface area contributed by atoms with Crippen molar-refractivity contribution in [2.75, 3.05) is 25.1 Å². The van der Waals surface area contributed by atoms with Gasteiger partial charge in [0.2, 0.25) is 0 Å². The van der Waals surface area contributed by atoms with E-state index >= 15 is 0 Å². The molecule has 1 atom stereocenters. The molecule has 1 fully saturated rings. The molecular formula is C16H19N3O2. The standard InChI is InChI=1S/C16H19N3O2/c1-11-5-4-6-12-13(11)14(18-10-17-12)19-8-7-16(2,9-19)15(20)21-3/h4-6,10H,7-9H2,1-3H3. The van der Waals surface area contributed by atoms with Gasteiger partial charge in [-0.3, -0.25) is 4.79 Å². The average molecular weight is 285 g/mol. The summed E-state index contributed by atoms with van der Waals surface area (Å²) in [6.07, 6.45) is 2.36. The summed E-state index contributed by atoms with van der Waals surface area (Å²) >= 11 is 0. The molecule has 5 heteroatoms. The molecule has 21 heavy (non-hydrogen) atoms. The molecule has 1 aromatic heterocycles. The van der Waals surface area contributed by atoms with Crippen molar-refractivity contribution in [2.45, 2.75) is 20.3 Å². The number of fused-ring (bicyclic) bond motifs is 1. The van der Waals surface area contributed by atoms with Crippen molar-refractivity contribution in [2.24, 2.45) is 5.41 Å². The zero-order chi connectivity index (χ0) is 15.0. The van der Waals surface area contributed by atoms with E-state index in [0.29, 0.717) is 6.54 Å². The Morgan fingerprint density at radius 2 is 2.19 bits per heavy atom. The lowest BCUT2D eigenvalue weighted by Gasteiger charge is -2.23. The molecule has 1 unspecified atom stereocenters. The van der Waals surface area contributed by atoms with Crippen LogP contribution in [0.25, 0.3) is 10.9 Å². The molecule has 0 bridgehead atoms. The summed E-state index contributed by atoms with van der Waals surface area (Å²) in [6, 6.07) is 6.05. The van der Waals surface area contributed by atoms with Crippen LogP contribution in [0.4, 0.5) is 5.82 Å². The Hall–Kier alpha value is -2.17. The highest BCUT2D eigenvalue weighted by atomic mass is 16.5. The molecule has 3 rings (SSSR count). The molecule has 0 saturated carbocycles. The van der Waals surface area contributed by atoms with Gasteiger partial charge in [-0.05, 0) is 31.9 Å². The van der Waals surface area contributed by atoms with Crippen molar-refractivity contribution < 1.29 is 9.53 Å². The highest BCUT2D eigenvalue weighted by molar-refractivity contribution is 5.92. The number of esters is 1. The van der Waals surface area contributed by atoms with Gasteiger partial charge >= 0.3 is 5.97 Å². The van der Waals surface area contributed by atoms with Gasteiger partial charge < -0.3 is 9.64 Å². The number of carbonyl (C=O) groups excluding carboxylic acids is 1. The first-order valence-electron chi connectivity index (χ1n) is 7.09. The number of aryl methyl sites for hydroxylation is 1. The maximum atomic E-state index is 12.0. The van der Waals surface area contributed by atoms with Gasteiger partial charge in [0.05, 0.1) is 18.0 Å². The van der Waals surface area contributed by atoms with Gasteiger partial charge in [-0.1, -0.05) is 12.1 Å². The lowest BCUT2D eigenvalue weighted by molar-refractivity contribution is -0.150. The third-order valence-electron chi connectivity index (χ3n) is 4.30. The molecule has 1 aromatic carbocycles. The number of hydrogen-bond donors (Lipinski definition) is 0. The number of nitrogens with zero attached hydrogens (tertiary/aromatic N) is 3. The minimum absolute atomic E-state index is 0.153.